The molecule has 532 valence electrons. The molecule has 13 nitrogen and oxygen atoms in total. The zero-order valence-electron chi connectivity index (χ0n) is 55.7. The number of nitrogens with one attached hydrogen (secondary N) is 1. The summed E-state index contributed by atoms with van der Waals surface area (Å²) in [5.41, 5.74) is 3.47. The number of H-pyrrole nitrogens is 1. The Morgan fingerprint density at radius 1 is 0.292 bits per heavy atom. The zero-order chi connectivity index (χ0) is 64.0. The van der Waals surface area contributed by atoms with E-state index >= 15 is 0 Å². The van der Waals surface area contributed by atoms with E-state index in [2.05, 4.69) is 249 Å². The number of hydrogen-bond donors (Lipinski definition) is 1. The van der Waals surface area contributed by atoms with Crippen molar-refractivity contribution in [1.29, 1.82) is 0 Å². The maximum absolute atomic E-state index is 4.58. The van der Waals surface area contributed by atoms with Crippen molar-refractivity contribution in [1.82, 2.24) is 44.0 Å². The number of hydrogen-bond acceptors (Lipinski definition) is 16. The van der Waals surface area contributed by atoms with Crippen LogP contribution in [0.2, 0.25) is 0 Å². The second-order valence-corrected chi connectivity index (χ2v) is 24.8. The molecule has 0 fully saturated rings. The monoisotopic (exact) mass is 1330 g/mol. The van der Waals surface area contributed by atoms with Crippen LogP contribution < -0.4 is 0 Å². The van der Waals surface area contributed by atoms with Gasteiger partial charge in [-0.1, -0.05) is 269 Å². The molecule has 0 saturated heterocycles. The van der Waals surface area contributed by atoms with E-state index in [0.29, 0.717) is 0 Å². The Bertz CT molecular complexity index is 1300. The summed E-state index contributed by atoms with van der Waals surface area (Å²) in [4.78, 5) is 17.2. The van der Waals surface area contributed by atoms with Crippen LogP contribution in [0.15, 0.2) is 187 Å². The molecule has 0 amide bonds. The SMILES string of the molecule is C.C.C.C.C.C.C.C.CC(C)C.CC(C)C.CC(C)C.CC(C)C.CC(C)C.CC(C)C.CC(C)C.CC(C)C.CC(C)C.c1cc[nH]c1.c1ccoc1.c1ccsc1.c1cnoc1.c1cnsc1.c1cocn1.c1cscn1.c1ncon1.c1ncsn1. The Morgan fingerprint density at radius 2 is 0.730 bits per heavy atom. The fourth-order valence-electron chi connectivity index (χ4n) is 1.71. The molecule has 1 N–H and O–H groups in total. The minimum atomic E-state index is 0. The summed E-state index contributed by atoms with van der Waals surface area (Å²) in [6.07, 6.45) is 22.2. The fourth-order valence-corrected chi connectivity index (χ4v) is 3.13. The van der Waals surface area contributed by atoms with Crippen LogP contribution in [-0.2, 0) is 0 Å². The van der Waals surface area contributed by atoms with E-state index in [0.717, 1.165) is 53.3 Å². The zero-order valence-corrected chi connectivity index (χ0v) is 59.0. The molecule has 0 aliphatic heterocycles. The summed E-state index contributed by atoms with van der Waals surface area (Å²) >= 11 is 6.13. The number of thiazole rings is 1. The Labute approximate surface area is 572 Å². The number of rotatable bonds is 0. The Kier molecular flexibility index (Phi) is 179. The van der Waals surface area contributed by atoms with Gasteiger partial charge in [0.25, 0.3) is 0 Å². The van der Waals surface area contributed by atoms with Crippen molar-refractivity contribution in [3.8, 4) is 0 Å². The molecule has 0 aliphatic rings. The quantitative estimate of drug-likeness (QED) is 0.153. The first-order valence-electron chi connectivity index (χ1n) is 27.8. The maximum atomic E-state index is 4.58. The lowest BCUT2D eigenvalue weighted by atomic mass is 10.3. The Hall–Kier alpha value is -5.36. The average Bonchev–Trinajstić information content (AvgIpc) is 4.22. The van der Waals surface area contributed by atoms with Crippen LogP contribution in [0.4, 0.5) is 0 Å². The Balaban J connectivity index is -0.0000000410. The lowest BCUT2D eigenvalue weighted by molar-refractivity contribution is 0.416. The van der Waals surface area contributed by atoms with E-state index in [-0.39, 0.29) is 59.4 Å². The van der Waals surface area contributed by atoms with E-state index in [1.165, 1.54) is 61.0 Å². The van der Waals surface area contributed by atoms with Crippen molar-refractivity contribution in [3.05, 3.63) is 169 Å². The Morgan fingerprint density at radius 3 is 0.831 bits per heavy atom. The van der Waals surface area contributed by atoms with Gasteiger partial charge >= 0.3 is 0 Å². The van der Waals surface area contributed by atoms with Gasteiger partial charge in [-0.2, -0.15) is 15.7 Å². The van der Waals surface area contributed by atoms with Gasteiger partial charge in [-0.3, -0.25) is 4.98 Å². The lowest BCUT2D eigenvalue weighted by Crippen LogP contribution is -1.66. The largest absolute Gasteiger partial charge is 0.473 e. The molecule has 0 unspecified atom stereocenters. The summed E-state index contributed by atoms with van der Waals surface area (Å²) < 4.78 is 25.0. The highest BCUT2D eigenvalue weighted by Crippen LogP contribution is 1.92. The lowest BCUT2D eigenvalue weighted by Gasteiger charge is -1.79. The van der Waals surface area contributed by atoms with Gasteiger partial charge in [-0.15, -0.1) is 11.3 Å². The van der Waals surface area contributed by atoms with Crippen LogP contribution in [0.1, 0.15) is 246 Å². The molecule has 9 aromatic rings. The smallest absolute Gasteiger partial charge is 0.213 e. The van der Waals surface area contributed by atoms with Crippen LogP contribution in [-0.4, -0.2) is 44.0 Å². The van der Waals surface area contributed by atoms with Crippen molar-refractivity contribution in [2.24, 2.45) is 53.3 Å². The van der Waals surface area contributed by atoms with E-state index in [1.807, 2.05) is 76.4 Å². The summed E-state index contributed by atoms with van der Waals surface area (Å²) in [6, 6.07) is 15.2. The van der Waals surface area contributed by atoms with E-state index in [4.69, 9.17) is 0 Å². The topological polar surface area (TPSA) is 171 Å². The average molecular weight is 1340 g/mol. The van der Waals surface area contributed by atoms with Crippen molar-refractivity contribution >= 4 is 45.7 Å². The van der Waals surface area contributed by atoms with Gasteiger partial charge in [0.1, 0.15) is 24.4 Å². The summed E-state index contributed by atoms with van der Waals surface area (Å²) in [7, 11) is 0. The molecule has 9 aromatic heterocycles. The van der Waals surface area contributed by atoms with Crippen molar-refractivity contribution in [2.45, 2.75) is 246 Å². The fraction of sp³-hybridized carbons (Fsp3) is 0.611. The van der Waals surface area contributed by atoms with Crippen LogP contribution in [0.25, 0.3) is 0 Å². The van der Waals surface area contributed by atoms with Crippen LogP contribution in [0.5, 0.6) is 0 Å². The first-order chi connectivity index (χ1) is 38.1. The molecule has 9 rings (SSSR count). The highest BCUT2D eigenvalue weighted by molar-refractivity contribution is 7.07. The number of oxazole rings is 1. The predicted octanol–water partition coefficient (Wildman–Crippen LogP) is 28.3. The van der Waals surface area contributed by atoms with Crippen LogP contribution in [0, 0.1) is 53.3 Å². The van der Waals surface area contributed by atoms with Gasteiger partial charge in [-0.25, -0.2) is 19.3 Å². The summed E-state index contributed by atoms with van der Waals surface area (Å²) in [6.45, 7) is 58.5. The number of furan rings is 1. The molecule has 0 bridgehead atoms. The number of nitrogens with zero attached hydrogens (tertiary/aromatic N) is 8. The summed E-state index contributed by atoms with van der Waals surface area (Å²) in [5, 5.41) is 14.5. The molecule has 0 saturated carbocycles. The molecule has 0 atom stereocenters. The van der Waals surface area contributed by atoms with E-state index in [9.17, 15) is 0 Å². The third-order valence-corrected chi connectivity index (χ3v) is 5.41. The molecular weight excluding hydrogens is 1180 g/mol. The highest BCUT2D eigenvalue weighted by Gasteiger charge is 1.72. The van der Waals surface area contributed by atoms with Gasteiger partial charge in [0.15, 0.2) is 12.7 Å². The number of aromatic amines is 1. The molecule has 17 heteroatoms. The normalized spacial score (nSPS) is 7.69. The van der Waals surface area contributed by atoms with Gasteiger partial charge in [0.05, 0.1) is 30.4 Å². The maximum Gasteiger partial charge on any atom is 0.213 e. The number of thiophene rings is 1. The van der Waals surface area contributed by atoms with Crippen molar-refractivity contribution in [3.63, 3.8) is 0 Å². The molecule has 89 heavy (non-hydrogen) atoms. The third kappa shape index (κ3) is 342. The molecule has 0 aromatic carbocycles. The molecular formula is C72H151N9O4S4. The summed E-state index contributed by atoms with van der Waals surface area (Å²) in [5.74, 6) is 7.50. The molecule has 0 aliphatic carbocycles. The van der Waals surface area contributed by atoms with Crippen molar-refractivity contribution < 1.29 is 17.9 Å². The predicted molar refractivity (Wildman–Crippen MR) is 414 cm³/mol. The highest BCUT2D eigenvalue weighted by atomic mass is 32.1. The van der Waals surface area contributed by atoms with Crippen LogP contribution >= 0.6 is 45.7 Å². The van der Waals surface area contributed by atoms with Crippen molar-refractivity contribution in [2.75, 3.05) is 0 Å². The van der Waals surface area contributed by atoms with Gasteiger partial charge in [0, 0.05) is 35.5 Å². The van der Waals surface area contributed by atoms with Gasteiger partial charge in [-0.05, 0) is 123 Å². The van der Waals surface area contributed by atoms with Crippen LogP contribution in [0.3, 0.4) is 0 Å². The second kappa shape index (κ2) is 124. The number of aromatic nitrogens is 9. The standard InChI is InChI=1S/C4H5N.C4H4O.C4H4S.9C4H10.2C3H3NO.2C3H3NS.C2H2N2O.C2H2N2S.8CH4/c3*1-2-4-5-3-1;9*1-4(2)3;1-2-5-3-4-1;1-2-4-5-3-1;1-2-5-3-4-1;1-2-4-5-3-1;2*1-3-2-5-4-1;;;;;;;;/h1-5H;2*1-4H;9*4H,1-3H3;4*1-3H;2*1-2H;8*1H4. The van der Waals surface area contributed by atoms with Gasteiger partial charge < -0.3 is 22.9 Å². The first kappa shape index (κ1) is 129. The second-order valence-electron chi connectivity index (χ2n) is 21.9. The minimum absolute atomic E-state index is 0. The minimum Gasteiger partial charge on any atom is -0.473 e. The third-order valence-electron chi connectivity index (χ3n) is 3.30. The molecule has 0 spiro atoms. The van der Waals surface area contributed by atoms with Gasteiger partial charge in [0.2, 0.25) is 6.39 Å². The molecule has 0 radical (unpaired) electrons. The van der Waals surface area contributed by atoms with E-state index < -0.39 is 0 Å². The first-order valence-corrected chi connectivity index (χ1v) is 31.4. The molecule has 9 heterocycles. The van der Waals surface area contributed by atoms with E-state index in [1.54, 1.807) is 77.1 Å².